The molecule has 0 spiro atoms. The van der Waals surface area contributed by atoms with Gasteiger partial charge in [-0.2, -0.15) is 5.10 Å². The zero-order valence-electron chi connectivity index (χ0n) is 17.3. The van der Waals surface area contributed by atoms with Crippen LogP contribution in [0.1, 0.15) is 19.2 Å². The minimum atomic E-state index is -0.354. The third-order valence-electron chi connectivity index (χ3n) is 5.18. The molecule has 7 nitrogen and oxygen atoms in total. The Kier molecular flexibility index (Phi) is 5.62. The minimum absolute atomic E-state index is 0.0675. The second kappa shape index (κ2) is 8.51. The number of rotatable bonds is 6. The highest BCUT2D eigenvalue weighted by molar-refractivity contribution is 5.93. The second-order valence-corrected chi connectivity index (χ2v) is 7.11. The van der Waals surface area contributed by atoms with Crippen LogP contribution in [0, 0.1) is 12.7 Å². The summed E-state index contributed by atoms with van der Waals surface area (Å²) in [6.07, 6.45) is 1.62. The molecule has 2 heterocycles. The van der Waals surface area contributed by atoms with Gasteiger partial charge in [0.1, 0.15) is 17.0 Å². The standard InChI is InChI=1S/C23H22FN5O2/c1-3-27(18-7-5-4-6-8-18)21(30)13-14-28-16(2)26-22-20(23(28)31)15-25-29(22)19-11-9-17(24)10-12-19/h4-12,15H,3,13-14H2,1-2H3. The van der Waals surface area contributed by atoms with E-state index in [1.165, 1.54) is 27.6 Å². The molecule has 2 aromatic carbocycles. The van der Waals surface area contributed by atoms with Gasteiger partial charge in [-0.05, 0) is 50.2 Å². The molecule has 0 aliphatic heterocycles. The summed E-state index contributed by atoms with van der Waals surface area (Å²) in [5.74, 6) is 0.0621. The van der Waals surface area contributed by atoms with Crippen molar-refractivity contribution < 1.29 is 9.18 Å². The van der Waals surface area contributed by atoms with E-state index in [0.29, 0.717) is 29.1 Å². The third kappa shape index (κ3) is 3.96. The van der Waals surface area contributed by atoms with Crippen LogP contribution in [0.25, 0.3) is 16.7 Å². The number of nitrogens with zero attached hydrogens (tertiary/aromatic N) is 5. The molecular weight excluding hydrogens is 397 g/mol. The fourth-order valence-electron chi connectivity index (χ4n) is 3.59. The zero-order chi connectivity index (χ0) is 22.0. The van der Waals surface area contributed by atoms with Crippen molar-refractivity contribution in [1.82, 2.24) is 19.3 Å². The topological polar surface area (TPSA) is 73.0 Å². The van der Waals surface area contributed by atoms with Crippen molar-refractivity contribution in [1.29, 1.82) is 0 Å². The number of carbonyl (C=O) groups is 1. The number of hydrogen-bond donors (Lipinski definition) is 0. The lowest BCUT2D eigenvalue weighted by atomic mass is 10.2. The fourth-order valence-corrected chi connectivity index (χ4v) is 3.59. The van der Waals surface area contributed by atoms with E-state index in [1.54, 1.807) is 24.0 Å². The first-order valence-electron chi connectivity index (χ1n) is 10.1. The molecule has 4 rings (SSSR count). The van der Waals surface area contributed by atoms with E-state index in [9.17, 15) is 14.0 Å². The summed E-state index contributed by atoms with van der Waals surface area (Å²) in [5.41, 5.74) is 1.58. The number of aromatic nitrogens is 4. The molecule has 0 saturated heterocycles. The van der Waals surface area contributed by atoms with Crippen LogP contribution in [-0.4, -0.2) is 31.8 Å². The molecule has 0 N–H and O–H groups in total. The average molecular weight is 419 g/mol. The second-order valence-electron chi connectivity index (χ2n) is 7.11. The Balaban J connectivity index is 1.61. The molecule has 2 aromatic heterocycles. The molecule has 158 valence electrons. The number of amides is 1. The largest absolute Gasteiger partial charge is 0.313 e. The maximum absolute atomic E-state index is 13.2. The number of halogens is 1. The fraction of sp³-hybridized carbons (Fsp3) is 0.217. The number of fused-ring (bicyclic) bond motifs is 1. The van der Waals surface area contributed by atoms with Gasteiger partial charge in [0.25, 0.3) is 5.56 Å². The van der Waals surface area contributed by atoms with Crippen LogP contribution in [0.2, 0.25) is 0 Å². The minimum Gasteiger partial charge on any atom is -0.313 e. The summed E-state index contributed by atoms with van der Waals surface area (Å²) < 4.78 is 16.2. The molecule has 31 heavy (non-hydrogen) atoms. The Labute approximate surface area is 178 Å². The highest BCUT2D eigenvalue weighted by atomic mass is 19.1. The van der Waals surface area contributed by atoms with Gasteiger partial charge in [0.2, 0.25) is 5.91 Å². The van der Waals surface area contributed by atoms with Gasteiger partial charge in [-0.1, -0.05) is 18.2 Å². The lowest BCUT2D eigenvalue weighted by Gasteiger charge is -2.21. The highest BCUT2D eigenvalue weighted by Gasteiger charge is 2.17. The Morgan fingerprint density at radius 1 is 1.10 bits per heavy atom. The van der Waals surface area contributed by atoms with E-state index >= 15 is 0 Å². The van der Waals surface area contributed by atoms with Crippen LogP contribution in [0.3, 0.4) is 0 Å². The molecule has 8 heteroatoms. The Bertz CT molecular complexity index is 1280. The quantitative estimate of drug-likeness (QED) is 0.480. The van der Waals surface area contributed by atoms with Crippen molar-refractivity contribution in [2.75, 3.05) is 11.4 Å². The average Bonchev–Trinajstić information content (AvgIpc) is 3.19. The monoisotopic (exact) mass is 419 g/mol. The molecule has 1 amide bonds. The summed E-state index contributed by atoms with van der Waals surface area (Å²) in [7, 11) is 0. The van der Waals surface area contributed by atoms with E-state index in [4.69, 9.17) is 0 Å². The molecule has 0 aliphatic rings. The first kappa shape index (κ1) is 20.5. The van der Waals surface area contributed by atoms with Crippen molar-refractivity contribution in [3.05, 3.63) is 82.8 Å². The number of hydrogen-bond acceptors (Lipinski definition) is 4. The van der Waals surface area contributed by atoms with Gasteiger partial charge in [-0.25, -0.2) is 14.1 Å². The lowest BCUT2D eigenvalue weighted by Crippen LogP contribution is -2.33. The number of aryl methyl sites for hydroxylation is 1. The summed E-state index contributed by atoms with van der Waals surface area (Å²) in [6.45, 7) is 4.40. The predicted molar refractivity (Wildman–Crippen MR) is 117 cm³/mol. The van der Waals surface area contributed by atoms with Crippen LogP contribution in [0.15, 0.2) is 65.6 Å². The van der Waals surface area contributed by atoms with Gasteiger partial charge in [0.05, 0.1) is 11.9 Å². The van der Waals surface area contributed by atoms with Gasteiger partial charge in [0.15, 0.2) is 5.65 Å². The maximum atomic E-state index is 13.2. The van der Waals surface area contributed by atoms with Crippen molar-refractivity contribution in [3.8, 4) is 5.69 Å². The molecule has 0 atom stereocenters. The van der Waals surface area contributed by atoms with Crippen molar-refractivity contribution in [2.45, 2.75) is 26.8 Å². The van der Waals surface area contributed by atoms with E-state index in [0.717, 1.165) is 5.69 Å². The van der Waals surface area contributed by atoms with Crippen LogP contribution in [0.5, 0.6) is 0 Å². The molecule has 0 fully saturated rings. The summed E-state index contributed by atoms with van der Waals surface area (Å²) >= 11 is 0. The number of carbonyl (C=O) groups excluding carboxylic acids is 1. The normalized spacial score (nSPS) is 11.1. The van der Waals surface area contributed by atoms with Crippen molar-refractivity contribution in [3.63, 3.8) is 0 Å². The number of para-hydroxylation sites is 1. The van der Waals surface area contributed by atoms with Gasteiger partial charge >= 0.3 is 0 Å². The first-order valence-corrected chi connectivity index (χ1v) is 10.1. The van der Waals surface area contributed by atoms with E-state index < -0.39 is 0 Å². The third-order valence-corrected chi connectivity index (χ3v) is 5.18. The van der Waals surface area contributed by atoms with Crippen molar-refractivity contribution in [2.24, 2.45) is 0 Å². The van der Waals surface area contributed by atoms with Crippen LogP contribution < -0.4 is 10.5 Å². The zero-order valence-corrected chi connectivity index (χ0v) is 17.3. The van der Waals surface area contributed by atoms with Gasteiger partial charge in [0, 0.05) is 25.2 Å². The van der Waals surface area contributed by atoms with Gasteiger partial charge in [-0.3, -0.25) is 14.2 Å². The molecule has 4 aromatic rings. The Morgan fingerprint density at radius 2 is 1.81 bits per heavy atom. The summed E-state index contributed by atoms with van der Waals surface area (Å²) in [6, 6.07) is 15.2. The molecule has 0 aliphatic carbocycles. The van der Waals surface area contributed by atoms with E-state index in [-0.39, 0.29) is 30.2 Å². The summed E-state index contributed by atoms with van der Waals surface area (Å²) in [4.78, 5) is 32.1. The maximum Gasteiger partial charge on any atom is 0.264 e. The van der Waals surface area contributed by atoms with Gasteiger partial charge < -0.3 is 4.90 Å². The molecule has 0 radical (unpaired) electrons. The molecular formula is C23H22FN5O2. The van der Waals surface area contributed by atoms with Crippen molar-refractivity contribution >= 4 is 22.6 Å². The Morgan fingerprint density at radius 3 is 2.48 bits per heavy atom. The number of anilines is 1. The molecule has 0 bridgehead atoms. The van der Waals surface area contributed by atoms with E-state index in [2.05, 4.69) is 10.1 Å². The molecule has 0 unspecified atom stereocenters. The van der Waals surface area contributed by atoms with Crippen LogP contribution in [-0.2, 0) is 11.3 Å². The van der Waals surface area contributed by atoms with Crippen LogP contribution in [0.4, 0.5) is 10.1 Å². The number of benzene rings is 2. The SMILES string of the molecule is CCN(C(=O)CCn1c(C)nc2c(cnn2-c2ccc(F)cc2)c1=O)c1ccccc1. The highest BCUT2D eigenvalue weighted by Crippen LogP contribution is 2.17. The predicted octanol–water partition coefficient (Wildman–Crippen LogP) is 3.47. The smallest absolute Gasteiger partial charge is 0.264 e. The van der Waals surface area contributed by atoms with Gasteiger partial charge in [-0.15, -0.1) is 0 Å². The van der Waals surface area contributed by atoms with E-state index in [1.807, 2.05) is 37.3 Å². The molecule has 0 saturated carbocycles. The Hall–Kier alpha value is -3.81. The first-order chi connectivity index (χ1) is 15.0. The van der Waals surface area contributed by atoms with Crippen LogP contribution >= 0.6 is 0 Å². The lowest BCUT2D eigenvalue weighted by molar-refractivity contribution is -0.118. The summed E-state index contributed by atoms with van der Waals surface area (Å²) in [5, 5.41) is 4.60.